The van der Waals surface area contributed by atoms with Crippen LogP contribution >= 0.6 is 11.8 Å². The minimum absolute atomic E-state index is 0.0996. The predicted octanol–water partition coefficient (Wildman–Crippen LogP) is 2.54. The lowest BCUT2D eigenvalue weighted by atomic mass is 10.1. The molecule has 0 spiro atoms. The van der Waals surface area contributed by atoms with Gasteiger partial charge in [0.2, 0.25) is 5.91 Å². The first-order valence-electron chi connectivity index (χ1n) is 6.07. The predicted molar refractivity (Wildman–Crippen MR) is 77.9 cm³/mol. The highest BCUT2D eigenvalue weighted by Crippen LogP contribution is 2.19. The molecule has 100 valence electrons. The van der Waals surface area contributed by atoms with Gasteiger partial charge in [-0.25, -0.2) is 0 Å². The van der Waals surface area contributed by atoms with Gasteiger partial charge in [0.1, 0.15) is 0 Å². The molecule has 0 bridgehead atoms. The molecule has 0 aromatic heterocycles. The summed E-state index contributed by atoms with van der Waals surface area (Å²) < 4.78 is 0. The topological polar surface area (TPSA) is 32.3 Å². The maximum absolute atomic E-state index is 11.8. The Kier molecular flexibility index (Phi) is 5.69. The van der Waals surface area contributed by atoms with Crippen LogP contribution in [0, 0.1) is 0 Å². The van der Waals surface area contributed by atoms with Crippen LogP contribution in [0.5, 0.6) is 0 Å². The highest BCUT2D eigenvalue weighted by Gasteiger charge is 2.17. The Balaban J connectivity index is 2.64. The van der Waals surface area contributed by atoms with Crippen molar-refractivity contribution in [2.24, 2.45) is 0 Å². The fourth-order valence-electron chi connectivity index (χ4n) is 1.82. The van der Waals surface area contributed by atoms with E-state index in [9.17, 15) is 4.79 Å². The number of thioether (sulfide) groups is 1. The van der Waals surface area contributed by atoms with E-state index in [1.54, 1.807) is 30.8 Å². The quantitative estimate of drug-likeness (QED) is 0.831. The number of carbonyl (C=O) groups is 1. The third-order valence-electron chi connectivity index (χ3n) is 2.93. The van der Waals surface area contributed by atoms with E-state index in [-0.39, 0.29) is 18.0 Å². The summed E-state index contributed by atoms with van der Waals surface area (Å²) >= 11 is 1.73. The fourth-order valence-corrected chi connectivity index (χ4v) is 2.23. The molecule has 4 heteroatoms. The number of nitrogens with zero attached hydrogens (tertiary/aromatic N) is 1. The van der Waals surface area contributed by atoms with Gasteiger partial charge in [-0.3, -0.25) is 10.1 Å². The van der Waals surface area contributed by atoms with E-state index < -0.39 is 0 Å². The second-order valence-electron chi connectivity index (χ2n) is 4.62. The fraction of sp³-hybridized carbons (Fsp3) is 0.500. The number of hydrogen-bond donors (Lipinski definition) is 1. The van der Waals surface area contributed by atoms with Crippen LogP contribution in [0.15, 0.2) is 29.2 Å². The first-order chi connectivity index (χ1) is 8.45. The van der Waals surface area contributed by atoms with Crippen LogP contribution in [0.3, 0.4) is 0 Å². The van der Waals surface area contributed by atoms with Crippen molar-refractivity contribution < 1.29 is 4.79 Å². The van der Waals surface area contributed by atoms with Crippen molar-refractivity contribution >= 4 is 17.7 Å². The summed E-state index contributed by atoms with van der Waals surface area (Å²) in [7, 11) is 3.55. The van der Waals surface area contributed by atoms with Crippen molar-refractivity contribution in [2.45, 2.75) is 30.8 Å². The normalized spacial score (nSPS) is 14.1. The second-order valence-corrected chi connectivity index (χ2v) is 5.50. The average molecular weight is 266 g/mol. The van der Waals surface area contributed by atoms with Gasteiger partial charge >= 0.3 is 0 Å². The number of benzene rings is 1. The Labute approximate surface area is 114 Å². The van der Waals surface area contributed by atoms with Gasteiger partial charge in [-0.15, -0.1) is 11.8 Å². The third-order valence-corrected chi connectivity index (χ3v) is 3.67. The zero-order valence-corrected chi connectivity index (χ0v) is 12.5. The number of nitrogens with one attached hydrogen (secondary N) is 1. The van der Waals surface area contributed by atoms with E-state index in [2.05, 4.69) is 42.8 Å². The van der Waals surface area contributed by atoms with Gasteiger partial charge in [0.15, 0.2) is 0 Å². The maximum atomic E-state index is 11.8. The zero-order chi connectivity index (χ0) is 13.7. The van der Waals surface area contributed by atoms with Gasteiger partial charge in [-0.2, -0.15) is 0 Å². The minimum Gasteiger partial charge on any atom is -0.347 e. The summed E-state index contributed by atoms with van der Waals surface area (Å²) in [6.45, 7) is 3.97. The standard InChI is InChI=1S/C14H22N2OS/c1-10(15-11(2)14(17)16(3)4)12-6-8-13(18-5)9-7-12/h6-11,15H,1-5H3. The van der Waals surface area contributed by atoms with E-state index in [4.69, 9.17) is 0 Å². The van der Waals surface area contributed by atoms with Crippen molar-refractivity contribution in [1.29, 1.82) is 0 Å². The Morgan fingerprint density at radius 3 is 2.22 bits per heavy atom. The van der Waals surface area contributed by atoms with Crippen molar-refractivity contribution in [3.63, 3.8) is 0 Å². The molecule has 0 saturated carbocycles. The lowest BCUT2D eigenvalue weighted by molar-refractivity contribution is -0.130. The van der Waals surface area contributed by atoms with Crippen LogP contribution in [0.4, 0.5) is 0 Å². The highest BCUT2D eigenvalue weighted by atomic mass is 32.2. The van der Waals surface area contributed by atoms with Crippen LogP contribution in [0.1, 0.15) is 25.5 Å². The zero-order valence-electron chi connectivity index (χ0n) is 11.7. The number of amides is 1. The van der Waals surface area contributed by atoms with Gasteiger partial charge < -0.3 is 4.90 Å². The van der Waals surface area contributed by atoms with Gasteiger partial charge in [0, 0.05) is 25.0 Å². The number of hydrogen-bond acceptors (Lipinski definition) is 3. The summed E-state index contributed by atoms with van der Waals surface area (Å²) in [5, 5.41) is 3.32. The maximum Gasteiger partial charge on any atom is 0.238 e. The number of rotatable bonds is 5. The first-order valence-corrected chi connectivity index (χ1v) is 7.29. The molecule has 2 atom stereocenters. The smallest absolute Gasteiger partial charge is 0.238 e. The Morgan fingerprint density at radius 2 is 1.78 bits per heavy atom. The first kappa shape index (κ1) is 15.1. The van der Waals surface area contributed by atoms with Crippen LogP contribution in [-0.2, 0) is 4.79 Å². The summed E-state index contributed by atoms with van der Waals surface area (Å²) in [5.41, 5.74) is 1.20. The summed E-state index contributed by atoms with van der Waals surface area (Å²) in [4.78, 5) is 14.6. The molecule has 2 unspecified atom stereocenters. The van der Waals surface area contributed by atoms with E-state index in [1.165, 1.54) is 10.5 Å². The monoisotopic (exact) mass is 266 g/mol. The molecule has 1 N–H and O–H groups in total. The number of carbonyl (C=O) groups excluding carboxylic acids is 1. The summed E-state index contributed by atoms with van der Waals surface area (Å²) in [6.07, 6.45) is 2.06. The molecule has 0 aliphatic rings. The molecule has 0 aliphatic heterocycles. The van der Waals surface area contributed by atoms with Crippen molar-refractivity contribution in [1.82, 2.24) is 10.2 Å². The summed E-state index contributed by atoms with van der Waals surface area (Å²) in [6, 6.07) is 8.43. The molecule has 0 aliphatic carbocycles. The second kappa shape index (κ2) is 6.81. The molecule has 0 saturated heterocycles. The lowest BCUT2D eigenvalue weighted by Crippen LogP contribution is -2.42. The lowest BCUT2D eigenvalue weighted by Gasteiger charge is -2.22. The molecule has 1 rings (SSSR count). The Bertz CT molecular complexity index is 389. The molecule has 0 radical (unpaired) electrons. The molecule has 1 aromatic rings. The van der Waals surface area contributed by atoms with E-state index in [0.29, 0.717) is 0 Å². The van der Waals surface area contributed by atoms with E-state index in [1.807, 2.05) is 6.92 Å². The third kappa shape index (κ3) is 4.03. The molecule has 0 heterocycles. The molecule has 1 aromatic carbocycles. The SMILES string of the molecule is CSc1ccc(C(C)NC(C)C(=O)N(C)C)cc1. The van der Waals surface area contributed by atoms with Crippen LogP contribution in [0.25, 0.3) is 0 Å². The van der Waals surface area contributed by atoms with Crippen LogP contribution < -0.4 is 5.32 Å². The molecular formula is C14H22N2OS. The van der Waals surface area contributed by atoms with Crippen molar-refractivity contribution in [2.75, 3.05) is 20.4 Å². The molecule has 18 heavy (non-hydrogen) atoms. The van der Waals surface area contributed by atoms with Crippen LogP contribution in [-0.4, -0.2) is 37.2 Å². The van der Waals surface area contributed by atoms with E-state index in [0.717, 1.165) is 0 Å². The Morgan fingerprint density at radius 1 is 1.22 bits per heavy atom. The van der Waals surface area contributed by atoms with Crippen molar-refractivity contribution in [3.8, 4) is 0 Å². The van der Waals surface area contributed by atoms with Gasteiger partial charge in [-0.05, 0) is 37.8 Å². The molecular weight excluding hydrogens is 244 g/mol. The summed E-state index contributed by atoms with van der Waals surface area (Å²) in [5.74, 6) is 0.0996. The van der Waals surface area contributed by atoms with E-state index >= 15 is 0 Å². The van der Waals surface area contributed by atoms with Gasteiger partial charge in [0.25, 0.3) is 0 Å². The average Bonchev–Trinajstić information content (AvgIpc) is 2.37. The molecule has 0 fully saturated rings. The van der Waals surface area contributed by atoms with Crippen LogP contribution in [0.2, 0.25) is 0 Å². The Hall–Kier alpha value is -1.00. The largest absolute Gasteiger partial charge is 0.347 e. The highest BCUT2D eigenvalue weighted by molar-refractivity contribution is 7.98. The number of likely N-dealkylation sites (N-methyl/N-ethyl adjacent to an activating group) is 1. The molecule has 1 amide bonds. The van der Waals surface area contributed by atoms with Gasteiger partial charge in [0.05, 0.1) is 6.04 Å². The van der Waals surface area contributed by atoms with Gasteiger partial charge in [-0.1, -0.05) is 12.1 Å². The molecule has 3 nitrogen and oxygen atoms in total. The van der Waals surface area contributed by atoms with Crippen molar-refractivity contribution in [3.05, 3.63) is 29.8 Å². The minimum atomic E-state index is -0.171.